The first-order chi connectivity index (χ1) is 6.81. The van der Waals surface area contributed by atoms with Crippen molar-refractivity contribution >= 4 is 38.5 Å². The van der Waals surface area contributed by atoms with E-state index < -0.39 is 0 Å². The molecule has 0 aliphatic heterocycles. The lowest BCUT2D eigenvalue weighted by Gasteiger charge is -2.03. The summed E-state index contributed by atoms with van der Waals surface area (Å²) in [7, 11) is 2.92. The fourth-order valence-electron chi connectivity index (χ4n) is 1.38. The third kappa shape index (κ3) is 1.69. The van der Waals surface area contributed by atoms with Gasteiger partial charge in [-0.15, -0.1) is 0 Å². The van der Waals surface area contributed by atoms with E-state index >= 15 is 0 Å². The van der Waals surface area contributed by atoms with E-state index in [4.69, 9.17) is 16.6 Å². The van der Waals surface area contributed by atoms with Crippen LogP contribution in [0.25, 0.3) is 10.8 Å². The van der Waals surface area contributed by atoms with Crippen LogP contribution in [0, 0.1) is 0 Å². The molecule has 2 aromatic rings. The van der Waals surface area contributed by atoms with Crippen molar-refractivity contribution < 1.29 is 4.43 Å². The van der Waals surface area contributed by atoms with Crippen molar-refractivity contribution in [3.05, 3.63) is 48.0 Å². The van der Waals surface area contributed by atoms with Crippen LogP contribution in [0.5, 0.6) is 0 Å². The molecular formula is C11H7OSSi. The van der Waals surface area contributed by atoms with Gasteiger partial charge in [-0.25, -0.2) is 0 Å². The molecule has 0 N–H and O–H groups in total. The van der Waals surface area contributed by atoms with Gasteiger partial charge in [0.15, 0.2) is 5.05 Å². The van der Waals surface area contributed by atoms with E-state index in [2.05, 4.69) is 22.6 Å². The van der Waals surface area contributed by atoms with Gasteiger partial charge in [-0.1, -0.05) is 30.3 Å². The maximum absolute atomic E-state index is 5.01. The van der Waals surface area contributed by atoms with Crippen LogP contribution in [0.15, 0.2) is 42.5 Å². The van der Waals surface area contributed by atoms with Crippen molar-refractivity contribution in [2.24, 2.45) is 0 Å². The molecule has 1 nitrogen and oxygen atoms in total. The van der Waals surface area contributed by atoms with E-state index in [1.54, 1.807) is 0 Å². The summed E-state index contributed by atoms with van der Waals surface area (Å²) in [5, 5.41) is 2.82. The highest BCUT2D eigenvalue weighted by atomic mass is 32.1. The van der Waals surface area contributed by atoms with Gasteiger partial charge in [0, 0.05) is 5.56 Å². The molecule has 0 aliphatic rings. The predicted octanol–water partition coefficient (Wildman–Crippen LogP) is 2.62. The number of thiocarbonyl (C=S) groups is 1. The van der Waals surface area contributed by atoms with Crippen LogP contribution in [0.4, 0.5) is 0 Å². The zero-order valence-corrected chi connectivity index (χ0v) is 9.17. The minimum atomic E-state index is 0.451. The van der Waals surface area contributed by atoms with Crippen LogP contribution in [-0.4, -0.2) is 15.5 Å². The minimum absolute atomic E-state index is 0.451. The highest BCUT2D eigenvalue weighted by Gasteiger charge is 2.00. The number of fused-ring (bicyclic) bond motifs is 1. The van der Waals surface area contributed by atoms with E-state index in [1.165, 1.54) is 5.39 Å². The maximum Gasteiger partial charge on any atom is 0.342 e. The van der Waals surface area contributed by atoms with E-state index in [9.17, 15) is 0 Å². The Morgan fingerprint density at radius 3 is 2.50 bits per heavy atom. The average Bonchev–Trinajstić information content (AvgIpc) is 2.27. The van der Waals surface area contributed by atoms with Crippen LogP contribution >= 0.6 is 12.2 Å². The first kappa shape index (κ1) is 9.37. The molecule has 0 heterocycles. The third-order valence-electron chi connectivity index (χ3n) is 2.08. The normalized spacial score (nSPS) is 10.1. The number of hydrogen-bond donors (Lipinski definition) is 0. The molecule has 3 heteroatoms. The number of benzene rings is 2. The molecule has 0 fully saturated rings. The summed E-state index contributed by atoms with van der Waals surface area (Å²) in [6.45, 7) is 0. The summed E-state index contributed by atoms with van der Waals surface area (Å²) < 4.78 is 4.82. The molecule has 0 bridgehead atoms. The molecule has 2 aromatic carbocycles. The Morgan fingerprint density at radius 1 is 1.07 bits per heavy atom. The third-order valence-corrected chi connectivity index (χ3v) is 2.75. The summed E-state index contributed by atoms with van der Waals surface area (Å²) in [5.74, 6) is 0. The van der Waals surface area contributed by atoms with Crippen molar-refractivity contribution in [3.8, 4) is 0 Å². The van der Waals surface area contributed by atoms with E-state index in [0.717, 1.165) is 10.9 Å². The molecule has 3 radical (unpaired) electrons. The van der Waals surface area contributed by atoms with Gasteiger partial charge < -0.3 is 4.43 Å². The molecule has 0 aromatic heterocycles. The molecule has 0 atom stereocenters. The quantitative estimate of drug-likeness (QED) is 0.534. The molecule has 0 spiro atoms. The molecule has 0 aliphatic carbocycles. The number of hydrogen-bond acceptors (Lipinski definition) is 2. The summed E-state index contributed by atoms with van der Waals surface area (Å²) in [6.07, 6.45) is 0. The summed E-state index contributed by atoms with van der Waals surface area (Å²) in [4.78, 5) is 0. The highest BCUT2D eigenvalue weighted by molar-refractivity contribution is 7.80. The molecule has 14 heavy (non-hydrogen) atoms. The zero-order valence-electron chi connectivity index (χ0n) is 7.36. The predicted molar refractivity (Wildman–Crippen MR) is 62.5 cm³/mol. The van der Waals surface area contributed by atoms with Gasteiger partial charge in [-0.2, -0.15) is 0 Å². The van der Waals surface area contributed by atoms with Gasteiger partial charge in [0.05, 0.1) is 0 Å². The van der Waals surface area contributed by atoms with Crippen LogP contribution in [0.3, 0.4) is 0 Å². The lowest BCUT2D eigenvalue weighted by Crippen LogP contribution is -1.99. The molecule has 0 amide bonds. The van der Waals surface area contributed by atoms with Gasteiger partial charge >= 0.3 is 10.5 Å². The van der Waals surface area contributed by atoms with Crippen LogP contribution in [0.1, 0.15) is 5.56 Å². The molecular weight excluding hydrogens is 208 g/mol. The average molecular weight is 215 g/mol. The van der Waals surface area contributed by atoms with Gasteiger partial charge in [0.2, 0.25) is 0 Å². The Labute approximate surface area is 91.2 Å². The monoisotopic (exact) mass is 215 g/mol. The van der Waals surface area contributed by atoms with E-state index in [-0.39, 0.29) is 0 Å². The topological polar surface area (TPSA) is 9.23 Å². The second kappa shape index (κ2) is 3.90. The van der Waals surface area contributed by atoms with Gasteiger partial charge in [-0.3, -0.25) is 0 Å². The van der Waals surface area contributed by atoms with Gasteiger partial charge in [-0.05, 0) is 35.1 Å². The van der Waals surface area contributed by atoms with Crippen LogP contribution in [0.2, 0.25) is 0 Å². The van der Waals surface area contributed by atoms with Crippen molar-refractivity contribution in [3.63, 3.8) is 0 Å². The molecule has 67 valence electrons. The Kier molecular flexibility index (Phi) is 2.61. The van der Waals surface area contributed by atoms with Gasteiger partial charge in [0.25, 0.3) is 0 Å². The van der Waals surface area contributed by atoms with Gasteiger partial charge in [0.1, 0.15) is 0 Å². The fraction of sp³-hybridized carbons (Fsp3) is 0. The molecule has 0 saturated carbocycles. The Bertz CT molecular complexity index is 481. The summed E-state index contributed by atoms with van der Waals surface area (Å²) in [6, 6.07) is 14.1. The smallest absolute Gasteiger partial charge is 0.342 e. The maximum atomic E-state index is 5.01. The summed E-state index contributed by atoms with van der Waals surface area (Å²) >= 11 is 5.01. The van der Waals surface area contributed by atoms with Crippen molar-refractivity contribution in [2.45, 2.75) is 0 Å². The fourth-order valence-corrected chi connectivity index (χ4v) is 1.62. The zero-order chi connectivity index (χ0) is 9.97. The largest absolute Gasteiger partial charge is 0.533 e. The van der Waals surface area contributed by atoms with Crippen molar-refractivity contribution in [1.29, 1.82) is 0 Å². The van der Waals surface area contributed by atoms with Crippen molar-refractivity contribution in [1.82, 2.24) is 0 Å². The van der Waals surface area contributed by atoms with Crippen LogP contribution in [-0.2, 0) is 4.43 Å². The molecule has 2 rings (SSSR count). The standard InChI is InChI=1S/C11H7OSSi/c13-11(12-14)10-6-5-8-3-1-2-4-9(8)7-10/h1-7H. The second-order valence-electron chi connectivity index (χ2n) is 2.95. The lowest BCUT2D eigenvalue weighted by molar-refractivity contribution is 0.632. The minimum Gasteiger partial charge on any atom is -0.533 e. The molecule has 0 unspecified atom stereocenters. The van der Waals surface area contributed by atoms with E-state index in [1.807, 2.05) is 30.3 Å². The number of rotatable bonds is 1. The molecule has 0 saturated heterocycles. The summed E-state index contributed by atoms with van der Waals surface area (Å²) in [5.41, 5.74) is 0.911. The second-order valence-corrected chi connectivity index (χ2v) is 3.53. The Morgan fingerprint density at radius 2 is 1.79 bits per heavy atom. The lowest BCUT2D eigenvalue weighted by atomic mass is 10.1. The Balaban J connectivity index is 2.56. The van der Waals surface area contributed by atoms with Crippen molar-refractivity contribution in [2.75, 3.05) is 0 Å². The van der Waals surface area contributed by atoms with Crippen LogP contribution < -0.4 is 0 Å². The van der Waals surface area contributed by atoms with E-state index in [0.29, 0.717) is 5.05 Å². The SMILES string of the molecule is [Si]OC(=S)c1ccc2ccccc2c1. The highest BCUT2D eigenvalue weighted by Crippen LogP contribution is 2.16. The first-order valence-electron chi connectivity index (χ1n) is 4.18. The Hall–Kier alpha value is -1.19. The first-order valence-corrected chi connectivity index (χ1v) is 4.99.